The molecule has 3 aromatic rings. The van der Waals surface area contributed by atoms with Crippen LogP contribution in [0.1, 0.15) is 33.6 Å². The zero-order valence-corrected chi connectivity index (χ0v) is 16.9. The van der Waals surface area contributed by atoms with Gasteiger partial charge in [-0.2, -0.15) is 10.2 Å². The average molecular weight is 416 g/mol. The molecular weight excluding hydrogens is 398 g/mol. The lowest BCUT2D eigenvalue weighted by Gasteiger charge is -2.20. The van der Waals surface area contributed by atoms with Crippen LogP contribution in [0.15, 0.2) is 40.1 Å². The number of hydrazone groups is 1. The maximum Gasteiger partial charge on any atom is 0.312 e. The van der Waals surface area contributed by atoms with Crippen LogP contribution in [0.4, 0.5) is 5.69 Å². The molecule has 0 radical (unpaired) electrons. The van der Waals surface area contributed by atoms with Gasteiger partial charge in [0, 0.05) is 11.3 Å². The Morgan fingerprint density at radius 1 is 1.29 bits per heavy atom. The van der Waals surface area contributed by atoms with E-state index in [9.17, 15) is 14.9 Å². The van der Waals surface area contributed by atoms with Gasteiger partial charge in [-0.3, -0.25) is 19.6 Å². The van der Waals surface area contributed by atoms with Crippen LogP contribution in [0.5, 0.6) is 0 Å². The minimum atomic E-state index is -0.462. The van der Waals surface area contributed by atoms with Gasteiger partial charge in [0.05, 0.1) is 21.6 Å². The lowest BCUT2D eigenvalue weighted by molar-refractivity contribution is -0.386. The summed E-state index contributed by atoms with van der Waals surface area (Å²) in [4.78, 5) is 25.9. The normalized spacial score (nSPS) is 16.4. The molecule has 8 nitrogen and oxygen atoms in total. The molecule has 1 aliphatic heterocycles. The quantitative estimate of drug-likeness (QED) is 0.466. The summed E-state index contributed by atoms with van der Waals surface area (Å²) in [5.41, 5.74) is 1.49. The summed E-state index contributed by atoms with van der Waals surface area (Å²) in [6.07, 6.45) is 0.643. The number of carbonyl (C=O) groups excluding carboxylic acids is 1. The van der Waals surface area contributed by atoms with Crippen molar-refractivity contribution in [3.63, 3.8) is 0 Å². The van der Waals surface area contributed by atoms with Gasteiger partial charge in [-0.05, 0) is 36.7 Å². The van der Waals surface area contributed by atoms with Crippen molar-refractivity contribution in [1.29, 1.82) is 0 Å². The summed E-state index contributed by atoms with van der Waals surface area (Å²) in [7, 11) is 0. The lowest BCUT2D eigenvalue weighted by atomic mass is 10.1. The van der Waals surface area contributed by atoms with Gasteiger partial charge in [0.1, 0.15) is 17.9 Å². The van der Waals surface area contributed by atoms with Crippen molar-refractivity contribution in [2.24, 2.45) is 5.10 Å². The molecule has 3 aromatic heterocycles. The molecule has 1 aliphatic rings. The molecule has 0 N–H and O–H groups in total. The number of aryl methyl sites for hydroxylation is 1. The first-order valence-corrected chi connectivity index (χ1v) is 10.4. The molecule has 0 saturated heterocycles. The Morgan fingerprint density at radius 3 is 2.64 bits per heavy atom. The molecule has 10 heteroatoms. The summed E-state index contributed by atoms with van der Waals surface area (Å²) in [6, 6.07) is 7.74. The van der Waals surface area contributed by atoms with E-state index in [2.05, 4.69) is 10.2 Å². The molecule has 28 heavy (non-hydrogen) atoms. The maximum atomic E-state index is 13.1. The fourth-order valence-electron chi connectivity index (χ4n) is 3.34. The van der Waals surface area contributed by atoms with Crippen LogP contribution in [0.25, 0.3) is 0 Å². The number of hydrogen-bond acceptors (Lipinski definition) is 7. The Bertz CT molecular complexity index is 1050. The van der Waals surface area contributed by atoms with Gasteiger partial charge >= 0.3 is 5.69 Å². The van der Waals surface area contributed by atoms with Gasteiger partial charge in [-0.1, -0.05) is 12.1 Å². The summed E-state index contributed by atoms with van der Waals surface area (Å²) in [5.74, 6) is -0.245. The van der Waals surface area contributed by atoms with Gasteiger partial charge in [0.2, 0.25) is 0 Å². The third-order valence-corrected chi connectivity index (χ3v) is 6.55. The highest BCUT2D eigenvalue weighted by Crippen LogP contribution is 2.36. The molecule has 0 aliphatic carbocycles. The predicted molar refractivity (Wildman–Crippen MR) is 108 cm³/mol. The van der Waals surface area contributed by atoms with Crippen LogP contribution >= 0.6 is 22.7 Å². The largest absolute Gasteiger partial charge is 0.312 e. The Kier molecular flexibility index (Phi) is 4.82. The topological polar surface area (TPSA) is 93.6 Å². The van der Waals surface area contributed by atoms with E-state index < -0.39 is 4.92 Å². The summed E-state index contributed by atoms with van der Waals surface area (Å²) >= 11 is 3.18. The van der Waals surface area contributed by atoms with Gasteiger partial charge in [-0.15, -0.1) is 22.7 Å². The number of carbonyl (C=O) groups is 1. The highest BCUT2D eigenvalue weighted by Gasteiger charge is 2.35. The first-order valence-electron chi connectivity index (χ1n) is 8.61. The van der Waals surface area contributed by atoms with Crippen molar-refractivity contribution in [1.82, 2.24) is 14.8 Å². The van der Waals surface area contributed by atoms with Crippen molar-refractivity contribution < 1.29 is 9.72 Å². The molecule has 0 unspecified atom stereocenters. The predicted octanol–water partition coefficient (Wildman–Crippen LogP) is 3.91. The van der Waals surface area contributed by atoms with Crippen LogP contribution in [0.2, 0.25) is 0 Å². The number of nitrogens with zero attached hydrogens (tertiary/aromatic N) is 5. The van der Waals surface area contributed by atoms with Crippen LogP contribution in [-0.4, -0.2) is 31.3 Å². The van der Waals surface area contributed by atoms with Crippen molar-refractivity contribution in [2.45, 2.75) is 32.9 Å². The van der Waals surface area contributed by atoms with Crippen LogP contribution in [0.3, 0.4) is 0 Å². The van der Waals surface area contributed by atoms with Gasteiger partial charge in [0.25, 0.3) is 5.91 Å². The van der Waals surface area contributed by atoms with Gasteiger partial charge in [-0.25, -0.2) is 5.01 Å². The van der Waals surface area contributed by atoms with E-state index in [4.69, 9.17) is 0 Å². The molecule has 0 bridgehead atoms. The summed E-state index contributed by atoms with van der Waals surface area (Å²) in [6.45, 7) is 3.08. The summed E-state index contributed by atoms with van der Waals surface area (Å²) < 4.78 is 1.39. The molecule has 0 saturated carbocycles. The molecule has 4 rings (SSSR count). The number of hydrogen-bond donors (Lipinski definition) is 0. The maximum absolute atomic E-state index is 13.1. The molecule has 1 atom stereocenters. The third kappa shape index (κ3) is 3.25. The molecule has 4 heterocycles. The molecule has 144 valence electrons. The van der Waals surface area contributed by atoms with Crippen molar-refractivity contribution in [3.8, 4) is 0 Å². The average Bonchev–Trinajstić information content (AvgIpc) is 3.42. The van der Waals surface area contributed by atoms with E-state index in [0.29, 0.717) is 17.8 Å². The lowest BCUT2D eigenvalue weighted by Crippen LogP contribution is -2.30. The van der Waals surface area contributed by atoms with Crippen molar-refractivity contribution >= 4 is 40.0 Å². The van der Waals surface area contributed by atoms with E-state index in [1.165, 1.54) is 9.69 Å². The Labute approximate surface area is 168 Å². The second kappa shape index (κ2) is 7.28. The van der Waals surface area contributed by atoms with Crippen LogP contribution in [0, 0.1) is 24.0 Å². The number of rotatable bonds is 5. The molecule has 0 fully saturated rings. The standard InChI is InChI=1S/C18H17N5O3S2/c1-11-18(23(25)26)12(2)21(19-11)10-17(24)22-14(16-6-4-8-28-16)9-13(20-22)15-5-3-7-27-15/h3-8,14H,9-10H2,1-2H3/t14-/m1/s1. The molecule has 1 amide bonds. The Morgan fingerprint density at radius 2 is 2.04 bits per heavy atom. The highest BCUT2D eigenvalue weighted by atomic mass is 32.1. The fourth-order valence-corrected chi connectivity index (χ4v) is 4.87. The van der Waals surface area contributed by atoms with Crippen LogP contribution in [-0.2, 0) is 11.3 Å². The molecular formula is C18H17N5O3S2. The SMILES string of the molecule is Cc1nn(CC(=O)N2N=C(c3cccs3)C[C@@H]2c2cccs2)c(C)c1[N+](=O)[O-]. The zero-order chi connectivity index (χ0) is 19.8. The van der Waals surface area contributed by atoms with E-state index >= 15 is 0 Å². The van der Waals surface area contributed by atoms with Gasteiger partial charge < -0.3 is 0 Å². The smallest absolute Gasteiger partial charge is 0.271 e. The Hall–Kier alpha value is -2.85. The van der Waals surface area contributed by atoms with E-state index in [1.54, 1.807) is 36.5 Å². The first kappa shape index (κ1) is 18.5. The van der Waals surface area contributed by atoms with E-state index in [-0.39, 0.29) is 24.2 Å². The summed E-state index contributed by atoms with van der Waals surface area (Å²) in [5, 5.41) is 25.5. The fraction of sp³-hybridized carbons (Fsp3) is 0.278. The second-order valence-electron chi connectivity index (χ2n) is 6.43. The number of thiophene rings is 2. The van der Waals surface area contributed by atoms with Crippen molar-refractivity contribution in [3.05, 3.63) is 66.3 Å². The minimum Gasteiger partial charge on any atom is -0.271 e. The van der Waals surface area contributed by atoms with Crippen molar-refractivity contribution in [2.75, 3.05) is 0 Å². The first-order chi connectivity index (χ1) is 13.5. The highest BCUT2D eigenvalue weighted by molar-refractivity contribution is 7.12. The number of amides is 1. The number of nitro groups is 1. The Balaban J connectivity index is 1.64. The third-order valence-electron chi connectivity index (χ3n) is 4.65. The van der Waals surface area contributed by atoms with E-state index in [1.807, 2.05) is 35.0 Å². The molecule has 0 spiro atoms. The number of aromatic nitrogens is 2. The van der Waals surface area contributed by atoms with E-state index in [0.717, 1.165) is 15.5 Å². The monoisotopic (exact) mass is 415 g/mol. The van der Waals surface area contributed by atoms with Gasteiger partial charge in [0.15, 0.2) is 0 Å². The second-order valence-corrected chi connectivity index (χ2v) is 8.36. The minimum absolute atomic E-state index is 0.0493. The molecule has 0 aromatic carbocycles. The van der Waals surface area contributed by atoms with Crippen LogP contribution < -0.4 is 0 Å². The zero-order valence-electron chi connectivity index (χ0n) is 15.2.